The lowest BCUT2D eigenvalue weighted by atomic mass is 10.1. The zero-order valence-corrected chi connectivity index (χ0v) is 12.7. The molecule has 0 aromatic heterocycles. The molecule has 2 aromatic rings. The van der Waals surface area contributed by atoms with Gasteiger partial charge in [0.25, 0.3) is 0 Å². The van der Waals surface area contributed by atoms with E-state index in [1.165, 1.54) is 12.7 Å². The summed E-state index contributed by atoms with van der Waals surface area (Å²) in [6, 6.07) is 15.3. The topological polar surface area (TPSA) is 35.5 Å². The molecule has 0 unspecified atom stereocenters. The lowest BCUT2D eigenvalue weighted by Crippen LogP contribution is -2.05. The summed E-state index contributed by atoms with van der Waals surface area (Å²) in [6.45, 7) is 0. The van der Waals surface area contributed by atoms with Gasteiger partial charge in [0.05, 0.1) is 13.5 Å². The number of benzene rings is 2. The van der Waals surface area contributed by atoms with Crippen LogP contribution >= 0.6 is 15.9 Å². The zero-order chi connectivity index (χ0) is 14.4. The van der Waals surface area contributed by atoms with Gasteiger partial charge in [-0.2, -0.15) is 0 Å². The van der Waals surface area contributed by atoms with Gasteiger partial charge in [-0.05, 0) is 23.8 Å². The summed E-state index contributed by atoms with van der Waals surface area (Å²) in [6.07, 6.45) is 0.201. The predicted molar refractivity (Wildman–Crippen MR) is 81.3 cm³/mol. The summed E-state index contributed by atoms with van der Waals surface area (Å²) in [7, 11) is 1.38. The normalized spacial score (nSPS) is 10.1. The van der Waals surface area contributed by atoms with Crippen molar-refractivity contribution in [1.82, 2.24) is 0 Å². The molecule has 0 spiro atoms. The first-order valence-corrected chi connectivity index (χ1v) is 7.32. The van der Waals surface area contributed by atoms with Crippen molar-refractivity contribution in [2.45, 2.75) is 11.8 Å². The molecule has 0 fully saturated rings. The van der Waals surface area contributed by atoms with E-state index >= 15 is 0 Å². The summed E-state index contributed by atoms with van der Waals surface area (Å²) >= 11 is 3.40. The van der Waals surface area contributed by atoms with Gasteiger partial charge in [0.2, 0.25) is 0 Å². The molecule has 4 heteroatoms. The molecule has 20 heavy (non-hydrogen) atoms. The third kappa shape index (κ3) is 3.84. The Morgan fingerprint density at radius 1 is 1.10 bits per heavy atom. The highest BCUT2D eigenvalue weighted by atomic mass is 79.9. The van der Waals surface area contributed by atoms with Gasteiger partial charge in [-0.3, -0.25) is 4.79 Å². The number of methoxy groups -OCH3 is 1. The number of hydrogen-bond acceptors (Lipinski definition) is 3. The molecule has 2 rings (SSSR count). The first-order valence-electron chi connectivity index (χ1n) is 6.20. The van der Waals surface area contributed by atoms with Gasteiger partial charge in [-0.1, -0.05) is 46.3 Å². The second-order valence-electron chi connectivity index (χ2n) is 4.24. The quantitative estimate of drug-likeness (QED) is 0.610. The van der Waals surface area contributed by atoms with Crippen LogP contribution in [0.4, 0.5) is 0 Å². The van der Waals surface area contributed by atoms with Crippen molar-refractivity contribution in [1.29, 1.82) is 0 Å². The van der Waals surface area contributed by atoms with Crippen molar-refractivity contribution in [3.63, 3.8) is 0 Å². The predicted octanol–water partition coefficient (Wildman–Crippen LogP) is 4.09. The largest absolute Gasteiger partial charge is 0.469 e. The third-order valence-corrected chi connectivity index (χ3v) is 3.49. The number of ether oxygens (including phenoxy) is 2. The van der Waals surface area contributed by atoms with Crippen molar-refractivity contribution in [2.75, 3.05) is 7.11 Å². The number of rotatable bonds is 5. The molecule has 0 aliphatic heterocycles. The fraction of sp³-hybridized carbons (Fsp3) is 0.188. The SMILES string of the molecule is COC(=O)Cc1ccccc1Oc1ccc(CBr)cc1. The van der Waals surface area contributed by atoms with E-state index in [1.807, 2.05) is 48.5 Å². The maximum Gasteiger partial charge on any atom is 0.310 e. The Labute approximate surface area is 126 Å². The highest BCUT2D eigenvalue weighted by molar-refractivity contribution is 9.08. The van der Waals surface area contributed by atoms with Crippen LogP contribution in [0.25, 0.3) is 0 Å². The first kappa shape index (κ1) is 14.6. The maximum atomic E-state index is 11.4. The van der Waals surface area contributed by atoms with E-state index < -0.39 is 0 Å². The van der Waals surface area contributed by atoms with Crippen molar-refractivity contribution in [3.8, 4) is 11.5 Å². The van der Waals surface area contributed by atoms with E-state index in [1.54, 1.807) is 0 Å². The first-order chi connectivity index (χ1) is 9.72. The molecule has 0 saturated carbocycles. The van der Waals surface area contributed by atoms with Crippen molar-refractivity contribution in [3.05, 3.63) is 59.7 Å². The standard InChI is InChI=1S/C16H15BrO3/c1-19-16(18)10-13-4-2-3-5-15(13)20-14-8-6-12(11-17)7-9-14/h2-9H,10-11H2,1H3. The van der Waals surface area contributed by atoms with Crippen molar-refractivity contribution >= 4 is 21.9 Å². The highest BCUT2D eigenvalue weighted by Gasteiger charge is 2.09. The molecule has 0 amide bonds. The van der Waals surface area contributed by atoms with Crippen LogP contribution < -0.4 is 4.74 Å². The zero-order valence-electron chi connectivity index (χ0n) is 11.1. The number of carbonyl (C=O) groups excluding carboxylic acids is 1. The van der Waals surface area contributed by atoms with E-state index in [0.717, 1.165) is 16.6 Å². The number of esters is 1. The average Bonchev–Trinajstić information content (AvgIpc) is 2.50. The summed E-state index contributed by atoms with van der Waals surface area (Å²) in [5.41, 5.74) is 1.99. The van der Waals surface area contributed by atoms with Gasteiger partial charge in [-0.15, -0.1) is 0 Å². The molecule has 0 aliphatic rings. The summed E-state index contributed by atoms with van der Waals surface area (Å²) in [4.78, 5) is 11.4. The van der Waals surface area contributed by atoms with E-state index in [9.17, 15) is 4.79 Å². The lowest BCUT2D eigenvalue weighted by Gasteiger charge is -2.10. The van der Waals surface area contributed by atoms with E-state index in [4.69, 9.17) is 4.74 Å². The summed E-state index contributed by atoms with van der Waals surface area (Å²) in [5, 5.41) is 0.812. The molecule has 0 aliphatic carbocycles. The lowest BCUT2D eigenvalue weighted by molar-refractivity contribution is -0.139. The number of hydrogen-bond donors (Lipinski definition) is 0. The van der Waals surface area contributed by atoms with Crippen molar-refractivity contribution in [2.24, 2.45) is 0 Å². The molecular weight excluding hydrogens is 320 g/mol. The van der Waals surface area contributed by atoms with E-state index in [0.29, 0.717) is 5.75 Å². The minimum absolute atomic E-state index is 0.201. The van der Waals surface area contributed by atoms with Gasteiger partial charge < -0.3 is 9.47 Å². The third-order valence-electron chi connectivity index (χ3n) is 2.84. The van der Waals surface area contributed by atoms with Gasteiger partial charge in [0.15, 0.2) is 0 Å². The van der Waals surface area contributed by atoms with Crippen LogP contribution in [-0.4, -0.2) is 13.1 Å². The highest BCUT2D eigenvalue weighted by Crippen LogP contribution is 2.26. The fourth-order valence-electron chi connectivity index (χ4n) is 1.75. The minimum Gasteiger partial charge on any atom is -0.469 e. The molecule has 0 saturated heterocycles. The minimum atomic E-state index is -0.282. The Kier molecular flexibility index (Phi) is 5.18. The van der Waals surface area contributed by atoms with Crippen LogP contribution in [0, 0.1) is 0 Å². The molecule has 0 radical (unpaired) electrons. The second-order valence-corrected chi connectivity index (χ2v) is 4.80. The molecule has 0 atom stereocenters. The van der Waals surface area contributed by atoms with Crippen LogP contribution in [0.15, 0.2) is 48.5 Å². The van der Waals surface area contributed by atoms with Crippen LogP contribution in [0.5, 0.6) is 11.5 Å². The molecule has 3 nitrogen and oxygen atoms in total. The van der Waals surface area contributed by atoms with Crippen LogP contribution in [0.1, 0.15) is 11.1 Å². The Morgan fingerprint density at radius 3 is 2.45 bits per heavy atom. The van der Waals surface area contributed by atoms with Crippen molar-refractivity contribution < 1.29 is 14.3 Å². The number of alkyl halides is 1. The average molecular weight is 335 g/mol. The molecule has 0 heterocycles. The number of para-hydroxylation sites is 1. The number of carbonyl (C=O) groups is 1. The Balaban J connectivity index is 2.17. The van der Waals surface area contributed by atoms with Crippen LogP contribution in [-0.2, 0) is 21.3 Å². The Hall–Kier alpha value is -1.81. The second kappa shape index (κ2) is 7.10. The summed E-state index contributed by atoms with van der Waals surface area (Å²) < 4.78 is 10.5. The smallest absolute Gasteiger partial charge is 0.310 e. The van der Waals surface area contributed by atoms with E-state index in [-0.39, 0.29) is 12.4 Å². The molecular formula is C16H15BrO3. The van der Waals surface area contributed by atoms with Gasteiger partial charge in [0.1, 0.15) is 11.5 Å². The van der Waals surface area contributed by atoms with Gasteiger partial charge >= 0.3 is 5.97 Å². The molecule has 0 bridgehead atoms. The van der Waals surface area contributed by atoms with Crippen LogP contribution in [0.3, 0.4) is 0 Å². The van der Waals surface area contributed by atoms with Gasteiger partial charge in [0, 0.05) is 10.9 Å². The molecule has 0 N–H and O–H groups in total. The molecule has 104 valence electrons. The maximum absolute atomic E-state index is 11.4. The fourth-order valence-corrected chi connectivity index (χ4v) is 2.12. The van der Waals surface area contributed by atoms with Crippen LogP contribution in [0.2, 0.25) is 0 Å². The van der Waals surface area contributed by atoms with Gasteiger partial charge in [-0.25, -0.2) is 0 Å². The summed E-state index contributed by atoms with van der Waals surface area (Å²) in [5.74, 6) is 1.13. The number of halogens is 1. The Morgan fingerprint density at radius 2 is 1.80 bits per heavy atom. The Bertz CT molecular complexity index is 579. The monoisotopic (exact) mass is 334 g/mol. The molecule has 2 aromatic carbocycles. The van der Waals surface area contributed by atoms with E-state index in [2.05, 4.69) is 20.7 Å².